The van der Waals surface area contributed by atoms with E-state index in [-0.39, 0.29) is 12.5 Å². The number of aliphatic carboxylic acids is 1. The van der Waals surface area contributed by atoms with Crippen molar-refractivity contribution in [2.24, 2.45) is 5.41 Å². The van der Waals surface area contributed by atoms with Crippen LogP contribution < -0.4 is 4.74 Å². The summed E-state index contributed by atoms with van der Waals surface area (Å²) in [7, 11) is 0. The number of amides is 1. The van der Waals surface area contributed by atoms with Crippen molar-refractivity contribution >= 4 is 11.9 Å². The first kappa shape index (κ1) is 18.0. The zero-order chi connectivity index (χ0) is 18.9. The van der Waals surface area contributed by atoms with Crippen LogP contribution >= 0.6 is 0 Å². The molecule has 0 radical (unpaired) electrons. The third-order valence-corrected chi connectivity index (χ3v) is 4.92. The first-order valence-electron chi connectivity index (χ1n) is 8.47. The highest BCUT2D eigenvalue weighted by atomic mass is 16.5. The molecule has 2 aromatic rings. The number of hydrogen-bond donors (Lipinski definition) is 1. The van der Waals surface area contributed by atoms with Gasteiger partial charge in [0.2, 0.25) is 0 Å². The molecule has 0 aliphatic carbocycles. The second-order valence-electron chi connectivity index (χ2n) is 6.96. The largest absolute Gasteiger partial charge is 0.489 e. The Morgan fingerprint density at radius 3 is 2.77 bits per heavy atom. The quantitative estimate of drug-likeness (QED) is 0.883. The molecule has 1 aromatic heterocycles. The van der Waals surface area contributed by atoms with Crippen molar-refractivity contribution in [2.45, 2.75) is 33.8 Å². The van der Waals surface area contributed by atoms with E-state index >= 15 is 0 Å². The molecule has 1 aliphatic rings. The van der Waals surface area contributed by atoms with Crippen LogP contribution in [-0.4, -0.2) is 40.1 Å². The van der Waals surface area contributed by atoms with Crippen molar-refractivity contribution in [2.75, 3.05) is 13.1 Å². The number of carboxylic acids is 1. The Kier molecular flexibility index (Phi) is 4.71. The van der Waals surface area contributed by atoms with Gasteiger partial charge in [-0.3, -0.25) is 9.59 Å². The Balaban J connectivity index is 1.69. The zero-order valence-electron chi connectivity index (χ0n) is 15.1. The van der Waals surface area contributed by atoms with Crippen LogP contribution in [-0.2, 0) is 11.4 Å². The summed E-state index contributed by atoms with van der Waals surface area (Å²) in [6.45, 7) is 6.30. The minimum atomic E-state index is -0.882. The molecule has 2 heterocycles. The molecule has 1 amide bonds. The fraction of sp³-hybridized carbons (Fsp3) is 0.421. The lowest BCUT2D eigenvalue weighted by molar-refractivity contribution is -0.147. The van der Waals surface area contributed by atoms with Gasteiger partial charge in [0.25, 0.3) is 5.91 Å². The minimum absolute atomic E-state index is 0.183. The molecule has 138 valence electrons. The summed E-state index contributed by atoms with van der Waals surface area (Å²) >= 11 is 0. The number of benzene rings is 1. The fourth-order valence-electron chi connectivity index (χ4n) is 3.07. The number of aryl methyl sites for hydroxylation is 2. The molecule has 3 rings (SSSR count). The maximum Gasteiger partial charge on any atom is 0.311 e. The van der Waals surface area contributed by atoms with Crippen molar-refractivity contribution in [1.29, 1.82) is 0 Å². The lowest BCUT2D eigenvalue weighted by atomic mass is 9.90. The highest BCUT2D eigenvalue weighted by Gasteiger charge is 2.42. The van der Waals surface area contributed by atoms with Crippen LogP contribution in [0, 0.1) is 19.3 Å². The third-order valence-electron chi connectivity index (χ3n) is 4.92. The third kappa shape index (κ3) is 3.42. The highest BCUT2D eigenvalue weighted by molar-refractivity contribution is 5.95. The average Bonchev–Trinajstić information content (AvgIpc) is 3.17. The maximum atomic E-state index is 12.7. The summed E-state index contributed by atoms with van der Waals surface area (Å²) in [5, 5.41) is 13.2. The molecular formula is C19H22N2O5. The van der Waals surface area contributed by atoms with E-state index in [1.54, 1.807) is 36.1 Å². The molecule has 0 unspecified atom stereocenters. The molecule has 1 saturated heterocycles. The number of rotatable bonds is 5. The topological polar surface area (TPSA) is 92.9 Å². The van der Waals surface area contributed by atoms with Gasteiger partial charge in [-0.15, -0.1) is 0 Å². The molecule has 0 spiro atoms. The lowest BCUT2D eigenvalue weighted by Gasteiger charge is -2.20. The molecule has 7 heteroatoms. The number of nitrogens with zero attached hydrogens (tertiary/aromatic N) is 2. The molecule has 0 saturated carbocycles. The van der Waals surface area contributed by atoms with Crippen LogP contribution in [0.25, 0.3) is 0 Å². The first-order valence-corrected chi connectivity index (χ1v) is 8.47. The summed E-state index contributed by atoms with van der Waals surface area (Å²) < 4.78 is 10.9. The van der Waals surface area contributed by atoms with E-state index in [4.69, 9.17) is 9.26 Å². The maximum absolute atomic E-state index is 12.7. The van der Waals surface area contributed by atoms with E-state index in [9.17, 15) is 14.7 Å². The van der Waals surface area contributed by atoms with Crippen LogP contribution in [0.1, 0.15) is 40.7 Å². The predicted octanol–water partition coefficient (Wildman–Crippen LogP) is 2.81. The monoisotopic (exact) mass is 358 g/mol. The van der Waals surface area contributed by atoms with Crippen molar-refractivity contribution in [3.63, 3.8) is 0 Å². The van der Waals surface area contributed by atoms with Gasteiger partial charge in [0.1, 0.15) is 18.1 Å². The van der Waals surface area contributed by atoms with Gasteiger partial charge in [0, 0.05) is 18.7 Å². The van der Waals surface area contributed by atoms with Gasteiger partial charge in [-0.05, 0) is 45.4 Å². The molecule has 1 aliphatic heterocycles. The van der Waals surface area contributed by atoms with Gasteiger partial charge in [-0.1, -0.05) is 11.2 Å². The van der Waals surface area contributed by atoms with Gasteiger partial charge in [-0.2, -0.15) is 0 Å². The van der Waals surface area contributed by atoms with Crippen molar-refractivity contribution in [3.8, 4) is 5.75 Å². The smallest absolute Gasteiger partial charge is 0.311 e. The average molecular weight is 358 g/mol. The van der Waals surface area contributed by atoms with Crippen LogP contribution in [0.3, 0.4) is 0 Å². The van der Waals surface area contributed by atoms with Gasteiger partial charge >= 0.3 is 5.97 Å². The Morgan fingerprint density at radius 2 is 2.15 bits per heavy atom. The summed E-state index contributed by atoms with van der Waals surface area (Å²) in [6, 6.07) is 6.92. The number of carbonyl (C=O) groups excluding carboxylic acids is 1. The van der Waals surface area contributed by atoms with Crippen LogP contribution in [0.15, 0.2) is 28.8 Å². The summed E-state index contributed by atoms with van der Waals surface area (Å²) in [4.78, 5) is 25.7. The van der Waals surface area contributed by atoms with Crippen molar-refractivity contribution < 1.29 is 24.0 Å². The SMILES string of the molecule is Cc1noc(C)c1COc1cccc(C(=O)N2CC[C@@](C)(C(=O)O)C2)c1. The number of hydrogen-bond acceptors (Lipinski definition) is 5. The molecule has 1 atom stereocenters. The zero-order valence-corrected chi connectivity index (χ0v) is 15.1. The Hall–Kier alpha value is -2.83. The molecule has 26 heavy (non-hydrogen) atoms. The molecule has 1 N–H and O–H groups in total. The van der Waals surface area contributed by atoms with Crippen LogP contribution in [0.2, 0.25) is 0 Å². The highest BCUT2D eigenvalue weighted by Crippen LogP contribution is 2.31. The van der Waals surface area contributed by atoms with Gasteiger partial charge in [0.15, 0.2) is 0 Å². The van der Waals surface area contributed by atoms with Crippen LogP contribution in [0.5, 0.6) is 5.75 Å². The summed E-state index contributed by atoms with van der Waals surface area (Å²) in [5.41, 5.74) is 1.27. The Morgan fingerprint density at radius 1 is 1.38 bits per heavy atom. The molecular weight excluding hydrogens is 336 g/mol. The van der Waals surface area contributed by atoms with E-state index < -0.39 is 11.4 Å². The van der Waals surface area contributed by atoms with Crippen molar-refractivity contribution in [1.82, 2.24) is 10.1 Å². The van der Waals surface area contributed by atoms with E-state index in [0.717, 1.165) is 11.3 Å². The van der Waals surface area contributed by atoms with E-state index in [1.165, 1.54) is 0 Å². The molecule has 7 nitrogen and oxygen atoms in total. The van der Waals surface area contributed by atoms with E-state index in [1.807, 2.05) is 13.8 Å². The number of carboxylic acid groups (broad SMARTS) is 1. The molecule has 1 aromatic carbocycles. The Bertz CT molecular complexity index is 825. The normalized spacial score (nSPS) is 19.6. The summed E-state index contributed by atoms with van der Waals surface area (Å²) in [6.07, 6.45) is 0.455. The second-order valence-corrected chi connectivity index (χ2v) is 6.96. The fourth-order valence-corrected chi connectivity index (χ4v) is 3.07. The second kappa shape index (κ2) is 6.82. The van der Waals surface area contributed by atoms with E-state index in [2.05, 4.69) is 5.16 Å². The minimum Gasteiger partial charge on any atom is -0.489 e. The van der Waals surface area contributed by atoms with E-state index in [0.29, 0.717) is 36.6 Å². The Labute approximate surface area is 151 Å². The predicted molar refractivity (Wildman–Crippen MR) is 93.0 cm³/mol. The summed E-state index contributed by atoms with van der Waals surface area (Å²) in [5.74, 6) is 0.220. The number of likely N-dealkylation sites (tertiary alicyclic amines) is 1. The lowest BCUT2D eigenvalue weighted by Crippen LogP contribution is -2.34. The van der Waals surface area contributed by atoms with Gasteiger partial charge in [-0.25, -0.2) is 0 Å². The number of carbonyl (C=O) groups is 2. The standard InChI is InChI=1S/C19H22N2O5/c1-12-16(13(2)26-20-12)10-25-15-6-4-5-14(9-15)17(22)21-8-7-19(3,11-21)18(23)24/h4-6,9H,7-8,10-11H2,1-3H3,(H,23,24)/t19-/m1/s1. The van der Waals surface area contributed by atoms with Gasteiger partial charge in [0.05, 0.1) is 16.7 Å². The number of ether oxygens (including phenoxy) is 1. The first-order chi connectivity index (χ1) is 12.3. The molecule has 0 bridgehead atoms. The van der Waals surface area contributed by atoms with Crippen LogP contribution in [0.4, 0.5) is 0 Å². The van der Waals surface area contributed by atoms with Gasteiger partial charge < -0.3 is 19.3 Å². The molecule has 1 fully saturated rings. The van der Waals surface area contributed by atoms with Crippen molar-refractivity contribution in [3.05, 3.63) is 46.8 Å². The number of aromatic nitrogens is 1.